The largest absolute Gasteiger partial charge is 0.392 e. The van der Waals surface area contributed by atoms with Crippen molar-refractivity contribution in [1.82, 2.24) is 0 Å². The van der Waals surface area contributed by atoms with Crippen molar-refractivity contribution in [3.8, 4) is 0 Å². The Balaban J connectivity index is 2.25. The number of rotatable bonds is 4. The third kappa shape index (κ3) is 3.04. The first-order valence-corrected chi connectivity index (χ1v) is 7.89. The van der Waals surface area contributed by atoms with Gasteiger partial charge in [-0.15, -0.1) is 0 Å². The molecular formula is C16H24BrNO. The Hall–Kier alpha value is -0.380. The minimum Gasteiger partial charge on any atom is -0.392 e. The van der Waals surface area contributed by atoms with Gasteiger partial charge in [-0.25, -0.2) is 0 Å². The first-order chi connectivity index (χ1) is 8.97. The average Bonchev–Trinajstić information content (AvgIpc) is 2.72. The Morgan fingerprint density at radius 2 is 2.11 bits per heavy atom. The molecule has 1 aliphatic rings. The van der Waals surface area contributed by atoms with E-state index < -0.39 is 0 Å². The molecule has 0 saturated heterocycles. The second-order valence-electron chi connectivity index (χ2n) is 6.34. The van der Waals surface area contributed by atoms with Gasteiger partial charge in [-0.2, -0.15) is 0 Å². The topological polar surface area (TPSA) is 46.2 Å². The molecule has 3 atom stereocenters. The lowest BCUT2D eigenvalue weighted by Crippen LogP contribution is -2.37. The second kappa shape index (κ2) is 5.94. The van der Waals surface area contributed by atoms with Crippen molar-refractivity contribution >= 4 is 15.9 Å². The van der Waals surface area contributed by atoms with Crippen LogP contribution >= 0.6 is 15.9 Å². The number of aliphatic hydroxyl groups excluding tert-OH is 1. The highest BCUT2D eigenvalue weighted by atomic mass is 79.9. The molecule has 1 saturated carbocycles. The SMILES string of the molecule is CC1(C)CCCC1C(O)C(CN)c1ccccc1Br. The van der Waals surface area contributed by atoms with E-state index in [0.29, 0.717) is 12.5 Å². The molecule has 0 aliphatic heterocycles. The molecule has 3 heteroatoms. The zero-order valence-electron chi connectivity index (χ0n) is 11.8. The van der Waals surface area contributed by atoms with E-state index >= 15 is 0 Å². The first kappa shape index (κ1) is 15.0. The predicted octanol–water partition coefficient (Wildman–Crippen LogP) is 3.68. The van der Waals surface area contributed by atoms with E-state index in [9.17, 15) is 5.11 Å². The third-order valence-electron chi connectivity index (χ3n) is 4.72. The summed E-state index contributed by atoms with van der Waals surface area (Å²) < 4.78 is 1.04. The van der Waals surface area contributed by atoms with Gasteiger partial charge >= 0.3 is 0 Å². The van der Waals surface area contributed by atoms with Gasteiger partial charge in [0.05, 0.1) is 6.10 Å². The summed E-state index contributed by atoms with van der Waals surface area (Å²) in [5.41, 5.74) is 7.29. The van der Waals surface area contributed by atoms with Gasteiger partial charge in [0.1, 0.15) is 0 Å². The van der Waals surface area contributed by atoms with E-state index in [0.717, 1.165) is 16.5 Å². The molecule has 0 spiro atoms. The number of halogens is 1. The van der Waals surface area contributed by atoms with Crippen LogP contribution in [0, 0.1) is 11.3 Å². The van der Waals surface area contributed by atoms with Crippen LogP contribution in [-0.2, 0) is 0 Å². The number of hydrogen-bond acceptors (Lipinski definition) is 2. The summed E-state index contributed by atoms with van der Waals surface area (Å²) in [4.78, 5) is 0. The maximum absolute atomic E-state index is 10.8. The van der Waals surface area contributed by atoms with Crippen molar-refractivity contribution < 1.29 is 5.11 Å². The van der Waals surface area contributed by atoms with Crippen LogP contribution in [-0.4, -0.2) is 17.8 Å². The monoisotopic (exact) mass is 325 g/mol. The molecule has 1 aromatic carbocycles. The van der Waals surface area contributed by atoms with Crippen molar-refractivity contribution in [2.45, 2.75) is 45.1 Å². The molecule has 3 N–H and O–H groups in total. The van der Waals surface area contributed by atoms with E-state index in [4.69, 9.17) is 5.73 Å². The van der Waals surface area contributed by atoms with Gasteiger partial charge in [0.25, 0.3) is 0 Å². The Morgan fingerprint density at radius 1 is 1.42 bits per heavy atom. The summed E-state index contributed by atoms with van der Waals surface area (Å²) in [5.74, 6) is 0.353. The van der Waals surface area contributed by atoms with Crippen molar-refractivity contribution in [3.05, 3.63) is 34.3 Å². The molecule has 0 aromatic heterocycles. The molecule has 0 heterocycles. The van der Waals surface area contributed by atoms with Crippen molar-refractivity contribution in [3.63, 3.8) is 0 Å². The first-order valence-electron chi connectivity index (χ1n) is 7.10. The third-order valence-corrected chi connectivity index (χ3v) is 5.45. The van der Waals surface area contributed by atoms with Crippen LogP contribution in [0.15, 0.2) is 28.7 Å². The summed E-state index contributed by atoms with van der Waals surface area (Å²) in [6.07, 6.45) is 3.15. The van der Waals surface area contributed by atoms with Crippen LogP contribution in [0.2, 0.25) is 0 Å². The Kier molecular flexibility index (Phi) is 4.70. The van der Waals surface area contributed by atoms with Gasteiger partial charge < -0.3 is 10.8 Å². The quantitative estimate of drug-likeness (QED) is 0.887. The van der Waals surface area contributed by atoms with Crippen molar-refractivity contribution in [2.24, 2.45) is 17.1 Å². The van der Waals surface area contributed by atoms with Crippen LogP contribution in [0.5, 0.6) is 0 Å². The molecule has 0 amide bonds. The molecule has 2 nitrogen and oxygen atoms in total. The van der Waals surface area contributed by atoms with E-state index in [1.165, 1.54) is 12.8 Å². The van der Waals surface area contributed by atoms with Gasteiger partial charge in [-0.1, -0.05) is 54.4 Å². The molecule has 19 heavy (non-hydrogen) atoms. The highest BCUT2D eigenvalue weighted by Gasteiger charge is 2.41. The fourth-order valence-electron chi connectivity index (χ4n) is 3.49. The number of aliphatic hydroxyl groups is 1. The lowest BCUT2D eigenvalue weighted by atomic mass is 9.73. The van der Waals surface area contributed by atoms with E-state index in [1.54, 1.807) is 0 Å². The summed E-state index contributed by atoms with van der Waals surface area (Å²) in [5, 5.41) is 10.8. The van der Waals surface area contributed by atoms with Gasteiger partial charge in [0, 0.05) is 16.9 Å². The Bertz CT molecular complexity index is 433. The highest BCUT2D eigenvalue weighted by molar-refractivity contribution is 9.10. The fraction of sp³-hybridized carbons (Fsp3) is 0.625. The average molecular weight is 326 g/mol. The lowest BCUT2D eigenvalue weighted by Gasteiger charge is -2.35. The molecule has 0 radical (unpaired) electrons. The second-order valence-corrected chi connectivity index (χ2v) is 7.20. The standard InChI is InChI=1S/C16H24BrNO/c1-16(2)9-5-7-13(16)15(19)12(10-18)11-6-3-4-8-14(11)17/h3-4,6,8,12-13,15,19H,5,7,9-10,18H2,1-2H3. The van der Waals surface area contributed by atoms with Gasteiger partial charge in [-0.05, 0) is 35.8 Å². The zero-order chi connectivity index (χ0) is 14.0. The minimum absolute atomic E-state index is 0.0120. The Morgan fingerprint density at radius 3 is 2.63 bits per heavy atom. The zero-order valence-corrected chi connectivity index (χ0v) is 13.4. The molecule has 0 bridgehead atoms. The molecule has 1 aromatic rings. The van der Waals surface area contributed by atoms with E-state index in [2.05, 4.69) is 35.8 Å². The van der Waals surface area contributed by atoms with Crippen LogP contribution < -0.4 is 5.73 Å². The van der Waals surface area contributed by atoms with Crippen LogP contribution in [0.3, 0.4) is 0 Å². The van der Waals surface area contributed by atoms with Gasteiger partial charge in [0.2, 0.25) is 0 Å². The smallest absolute Gasteiger partial charge is 0.0654 e. The van der Waals surface area contributed by atoms with Crippen LogP contribution in [0.4, 0.5) is 0 Å². The van der Waals surface area contributed by atoms with Gasteiger partial charge in [0.15, 0.2) is 0 Å². The number of benzene rings is 1. The number of nitrogens with two attached hydrogens (primary N) is 1. The molecule has 1 aliphatic carbocycles. The molecular weight excluding hydrogens is 302 g/mol. The molecule has 2 rings (SSSR count). The summed E-state index contributed by atoms with van der Waals surface area (Å²) in [6.45, 7) is 5.01. The fourth-order valence-corrected chi connectivity index (χ4v) is 4.07. The summed E-state index contributed by atoms with van der Waals surface area (Å²) in [7, 11) is 0. The van der Waals surface area contributed by atoms with Gasteiger partial charge in [-0.3, -0.25) is 0 Å². The van der Waals surface area contributed by atoms with Crippen molar-refractivity contribution in [1.29, 1.82) is 0 Å². The van der Waals surface area contributed by atoms with Crippen LogP contribution in [0.25, 0.3) is 0 Å². The summed E-state index contributed by atoms with van der Waals surface area (Å²) in [6, 6.07) is 8.08. The van der Waals surface area contributed by atoms with E-state index in [1.807, 2.05) is 18.2 Å². The molecule has 106 valence electrons. The normalized spacial score (nSPS) is 25.2. The van der Waals surface area contributed by atoms with Crippen LogP contribution in [0.1, 0.15) is 44.6 Å². The molecule has 3 unspecified atom stereocenters. The van der Waals surface area contributed by atoms with E-state index in [-0.39, 0.29) is 17.4 Å². The lowest BCUT2D eigenvalue weighted by molar-refractivity contribution is 0.0344. The maximum Gasteiger partial charge on any atom is 0.0654 e. The number of hydrogen-bond donors (Lipinski definition) is 2. The predicted molar refractivity (Wildman–Crippen MR) is 83.1 cm³/mol. The molecule has 1 fully saturated rings. The highest BCUT2D eigenvalue weighted by Crippen LogP contribution is 2.47. The Labute approximate surface area is 124 Å². The minimum atomic E-state index is -0.360. The summed E-state index contributed by atoms with van der Waals surface area (Å²) >= 11 is 3.58. The van der Waals surface area contributed by atoms with Crippen molar-refractivity contribution in [2.75, 3.05) is 6.54 Å². The maximum atomic E-state index is 10.8.